The second-order valence-electron chi connectivity index (χ2n) is 6.12. The van der Waals surface area contributed by atoms with Crippen molar-refractivity contribution in [1.29, 1.82) is 0 Å². The number of anilines is 1. The third-order valence-corrected chi connectivity index (χ3v) is 5.49. The summed E-state index contributed by atoms with van der Waals surface area (Å²) in [5.74, 6) is -1.93. The number of carbonyl (C=O) groups is 1. The van der Waals surface area contributed by atoms with Gasteiger partial charge in [-0.1, -0.05) is 18.2 Å². The highest BCUT2D eigenvalue weighted by molar-refractivity contribution is 7.19. The maximum atomic E-state index is 13.7. The third-order valence-electron chi connectivity index (χ3n) is 4.19. The van der Waals surface area contributed by atoms with Crippen LogP contribution in [0.3, 0.4) is 0 Å². The SMILES string of the molecule is Cc1cc(-c2cnco2)sc1-c1ccc(NC(=O)c2c(F)cccc2F)cc1. The molecule has 1 amide bonds. The van der Waals surface area contributed by atoms with Gasteiger partial charge in [0.15, 0.2) is 12.2 Å². The van der Waals surface area contributed by atoms with E-state index in [9.17, 15) is 13.6 Å². The highest BCUT2D eigenvalue weighted by Gasteiger charge is 2.17. The molecule has 0 aliphatic carbocycles. The highest BCUT2D eigenvalue weighted by atomic mass is 32.1. The number of benzene rings is 2. The molecule has 4 nitrogen and oxygen atoms in total. The minimum absolute atomic E-state index is 0.445. The normalized spacial score (nSPS) is 10.8. The molecular weight excluding hydrogens is 382 g/mol. The molecule has 0 aliphatic heterocycles. The Hall–Kier alpha value is -3.32. The molecule has 0 atom stereocenters. The van der Waals surface area contributed by atoms with E-state index < -0.39 is 23.1 Å². The lowest BCUT2D eigenvalue weighted by atomic mass is 10.1. The van der Waals surface area contributed by atoms with Gasteiger partial charge in [0, 0.05) is 10.6 Å². The van der Waals surface area contributed by atoms with Crippen LogP contribution >= 0.6 is 11.3 Å². The minimum atomic E-state index is -0.900. The van der Waals surface area contributed by atoms with E-state index in [0.717, 1.165) is 33.0 Å². The van der Waals surface area contributed by atoms with Gasteiger partial charge in [0.25, 0.3) is 5.91 Å². The van der Waals surface area contributed by atoms with Crippen LogP contribution < -0.4 is 5.32 Å². The molecule has 4 rings (SSSR count). The quantitative estimate of drug-likeness (QED) is 0.467. The lowest BCUT2D eigenvalue weighted by Crippen LogP contribution is -2.15. The van der Waals surface area contributed by atoms with E-state index >= 15 is 0 Å². The number of aromatic nitrogens is 1. The molecule has 2 heterocycles. The number of carbonyl (C=O) groups excluding carboxylic acids is 1. The molecule has 4 aromatic rings. The second-order valence-corrected chi connectivity index (χ2v) is 7.17. The van der Waals surface area contributed by atoms with Crippen molar-refractivity contribution in [1.82, 2.24) is 4.98 Å². The molecule has 0 aliphatic rings. The van der Waals surface area contributed by atoms with E-state index in [1.807, 2.05) is 25.1 Å². The molecule has 0 spiro atoms. The first kappa shape index (κ1) is 18.1. The molecule has 1 N–H and O–H groups in total. The van der Waals surface area contributed by atoms with Gasteiger partial charge in [-0.05, 0) is 48.4 Å². The van der Waals surface area contributed by atoms with Crippen LogP contribution in [0.25, 0.3) is 21.1 Å². The number of thiophene rings is 1. The fraction of sp³-hybridized carbons (Fsp3) is 0.0476. The fourth-order valence-electron chi connectivity index (χ4n) is 2.84. The molecule has 28 heavy (non-hydrogen) atoms. The fourth-order valence-corrected chi connectivity index (χ4v) is 3.97. The van der Waals surface area contributed by atoms with Crippen molar-refractivity contribution in [3.05, 3.63) is 83.9 Å². The number of hydrogen-bond acceptors (Lipinski definition) is 4. The van der Waals surface area contributed by atoms with Gasteiger partial charge in [0.2, 0.25) is 0 Å². The molecular formula is C21H14F2N2O2S. The van der Waals surface area contributed by atoms with Gasteiger partial charge in [-0.2, -0.15) is 0 Å². The Morgan fingerprint density at radius 1 is 1.11 bits per heavy atom. The molecule has 0 fully saturated rings. The maximum Gasteiger partial charge on any atom is 0.261 e. The summed E-state index contributed by atoms with van der Waals surface area (Å²) in [6.45, 7) is 2.00. The maximum absolute atomic E-state index is 13.7. The first-order valence-corrected chi connectivity index (χ1v) is 9.19. The van der Waals surface area contributed by atoms with E-state index in [4.69, 9.17) is 4.42 Å². The molecule has 0 unspecified atom stereocenters. The zero-order valence-corrected chi connectivity index (χ0v) is 15.5. The van der Waals surface area contributed by atoms with Gasteiger partial charge < -0.3 is 9.73 Å². The van der Waals surface area contributed by atoms with Crippen LogP contribution in [0.5, 0.6) is 0 Å². The first-order chi connectivity index (χ1) is 13.5. The number of hydrogen-bond donors (Lipinski definition) is 1. The standard InChI is InChI=1S/C21H14F2N2O2S/c1-12-9-18(17-10-24-11-27-17)28-20(12)13-5-7-14(8-6-13)25-21(26)19-15(22)3-2-4-16(19)23/h2-11H,1H3,(H,25,26). The Morgan fingerprint density at radius 3 is 2.46 bits per heavy atom. The topological polar surface area (TPSA) is 55.1 Å². The van der Waals surface area contributed by atoms with E-state index in [2.05, 4.69) is 10.3 Å². The van der Waals surface area contributed by atoms with Crippen molar-refractivity contribution in [3.63, 3.8) is 0 Å². The van der Waals surface area contributed by atoms with E-state index in [1.54, 1.807) is 29.7 Å². The highest BCUT2D eigenvalue weighted by Crippen LogP contribution is 2.38. The van der Waals surface area contributed by atoms with Crippen LogP contribution in [0, 0.1) is 18.6 Å². The molecule has 2 aromatic carbocycles. The molecule has 0 radical (unpaired) electrons. The number of rotatable bonds is 4. The van der Waals surface area contributed by atoms with Crippen molar-refractivity contribution in [2.24, 2.45) is 0 Å². The van der Waals surface area contributed by atoms with Crippen LogP contribution in [0.1, 0.15) is 15.9 Å². The monoisotopic (exact) mass is 396 g/mol. The zero-order valence-electron chi connectivity index (χ0n) is 14.7. The van der Waals surface area contributed by atoms with E-state index in [0.29, 0.717) is 11.4 Å². The largest absolute Gasteiger partial charge is 0.443 e. The predicted molar refractivity (Wildman–Crippen MR) is 104 cm³/mol. The van der Waals surface area contributed by atoms with Gasteiger partial charge in [-0.15, -0.1) is 11.3 Å². The Morgan fingerprint density at radius 2 is 1.82 bits per heavy atom. The number of aryl methyl sites for hydroxylation is 1. The smallest absolute Gasteiger partial charge is 0.261 e. The van der Waals surface area contributed by atoms with Crippen molar-refractivity contribution in [2.45, 2.75) is 6.92 Å². The van der Waals surface area contributed by atoms with Gasteiger partial charge >= 0.3 is 0 Å². The summed E-state index contributed by atoms with van der Waals surface area (Å²) in [5.41, 5.74) is 1.89. The lowest BCUT2D eigenvalue weighted by molar-refractivity contribution is 0.101. The van der Waals surface area contributed by atoms with Crippen molar-refractivity contribution in [2.75, 3.05) is 5.32 Å². The Labute approximate surface area is 163 Å². The number of oxazole rings is 1. The second kappa shape index (κ2) is 7.36. The molecule has 0 saturated carbocycles. The summed E-state index contributed by atoms with van der Waals surface area (Å²) in [5, 5.41) is 2.52. The number of nitrogens with zero attached hydrogens (tertiary/aromatic N) is 1. The summed E-state index contributed by atoms with van der Waals surface area (Å²) >= 11 is 1.57. The number of halogens is 2. The van der Waals surface area contributed by atoms with Crippen molar-refractivity contribution < 1.29 is 18.0 Å². The summed E-state index contributed by atoms with van der Waals surface area (Å²) in [6, 6.07) is 12.4. The van der Waals surface area contributed by atoms with Crippen LogP contribution in [0.4, 0.5) is 14.5 Å². The predicted octanol–water partition coefficient (Wildman–Crippen LogP) is 5.91. The van der Waals surface area contributed by atoms with Crippen molar-refractivity contribution >= 4 is 22.9 Å². The van der Waals surface area contributed by atoms with Crippen LogP contribution in [0.15, 0.2) is 65.5 Å². The van der Waals surface area contributed by atoms with E-state index in [-0.39, 0.29) is 0 Å². The molecule has 0 bridgehead atoms. The average Bonchev–Trinajstić information content (AvgIpc) is 3.32. The Bertz CT molecular complexity index is 1120. The first-order valence-electron chi connectivity index (χ1n) is 8.38. The van der Waals surface area contributed by atoms with Gasteiger partial charge in [-0.25, -0.2) is 13.8 Å². The number of nitrogens with one attached hydrogen (secondary N) is 1. The van der Waals surface area contributed by atoms with Crippen LogP contribution in [0.2, 0.25) is 0 Å². The summed E-state index contributed by atoms with van der Waals surface area (Å²) in [4.78, 5) is 18.2. The Kier molecular flexibility index (Phi) is 4.75. The third kappa shape index (κ3) is 3.44. The Balaban J connectivity index is 1.56. The molecule has 7 heteroatoms. The summed E-state index contributed by atoms with van der Waals surface area (Å²) in [6.07, 6.45) is 3.05. The summed E-state index contributed by atoms with van der Waals surface area (Å²) < 4.78 is 32.8. The average molecular weight is 396 g/mol. The van der Waals surface area contributed by atoms with Crippen molar-refractivity contribution in [3.8, 4) is 21.1 Å². The zero-order chi connectivity index (χ0) is 19.7. The van der Waals surface area contributed by atoms with Crippen LogP contribution in [-0.2, 0) is 0 Å². The molecule has 140 valence electrons. The van der Waals surface area contributed by atoms with Gasteiger partial charge in [0.1, 0.15) is 17.2 Å². The lowest BCUT2D eigenvalue weighted by Gasteiger charge is -2.08. The van der Waals surface area contributed by atoms with Gasteiger partial charge in [-0.3, -0.25) is 4.79 Å². The van der Waals surface area contributed by atoms with Gasteiger partial charge in [0.05, 0.1) is 11.1 Å². The van der Waals surface area contributed by atoms with Crippen LogP contribution in [-0.4, -0.2) is 10.9 Å². The summed E-state index contributed by atoms with van der Waals surface area (Å²) in [7, 11) is 0. The molecule has 2 aromatic heterocycles. The number of amides is 1. The van der Waals surface area contributed by atoms with E-state index in [1.165, 1.54) is 12.5 Å². The molecule has 0 saturated heterocycles. The minimum Gasteiger partial charge on any atom is -0.443 e.